The van der Waals surface area contributed by atoms with Gasteiger partial charge in [-0.05, 0) is 23.8 Å². The minimum absolute atomic E-state index is 0.257. The lowest BCUT2D eigenvalue weighted by molar-refractivity contribution is -0.895. The number of thiophene rings is 1. The highest BCUT2D eigenvalue weighted by Crippen LogP contribution is 2.33. The highest BCUT2D eigenvalue weighted by Gasteiger charge is 2.25. The third-order valence-corrected chi connectivity index (χ3v) is 4.79. The van der Waals surface area contributed by atoms with Crippen molar-refractivity contribution in [2.24, 2.45) is 0 Å². The third kappa shape index (κ3) is 2.96. The molecule has 0 aromatic carbocycles. The predicted molar refractivity (Wildman–Crippen MR) is 84.6 cm³/mol. The number of quaternary nitrogens is 1. The first-order chi connectivity index (χ1) is 10.7. The number of hydrogen-bond donors (Lipinski definition) is 2. The standard InChI is InChI=1S/C16H15N3O2S/c1-19-7-6-12-13(9-17)16(22-14(12)10-19)18-15(20)5-4-11-3-2-8-21-11/h2-5,8H,6-7,10H2,1H3,(H,18,20)/p+1/b5-4+. The summed E-state index contributed by atoms with van der Waals surface area (Å²) in [7, 11) is 2.14. The Bertz CT molecular complexity index is 753. The summed E-state index contributed by atoms with van der Waals surface area (Å²) in [5.41, 5.74) is 1.72. The summed E-state index contributed by atoms with van der Waals surface area (Å²) >= 11 is 1.51. The van der Waals surface area contributed by atoms with E-state index in [1.165, 1.54) is 27.2 Å². The Hall–Kier alpha value is -2.36. The fraction of sp³-hybridized carbons (Fsp3) is 0.250. The van der Waals surface area contributed by atoms with E-state index in [1.54, 1.807) is 24.5 Å². The maximum atomic E-state index is 12.0. The molecular formula is C16H16N3O2S+. The van der Waals surface area contributed by atoms with Crippen LogP contribution in [-0.2, 0) is 17.8 Å². The predicted octanol–water partition coefficient (Wildman–Crippen LogP) is 1.44. The van der Waals surface area contributed by atoms with E-state index in [0.717, 1.165) is 25.1 Å². The van der Waals surface area contributed by atoms with Gasteiger partial charge in [-0.15, -0.1) is 11.3 Å². The Kier molecular flexibility index (Phi) is 4.09. The lowest BCUT2D eigenvalue weighted by atomic mass is 10.0. The second-order valence-corrected chi connectivity index (χ2v) is 6.40. The largest absolute Gasteiger partial charge is 0.465 e. The molecule has 0 spiro atoms. The molecule has 0 fully saturated rings. The van der Waals surface area contributed by atoms with E-state index < -0.39 is 0 Å². The van der Waals surface area contributed by atoms with Crippen LogP contribution < -0.4 is 10.2 Å². The van der Waals surface area contributed by atoms with Crippen LogP contribution in [0.5, 0.6) is 0 Å². The number of nitriles is 1. The Morgan fingerprint density at radius 1 is 1.59 bits per heavy atom. The summed E-state index contributed by atoms with van der Waals surface area (Å²) in [6, 6.07) is 5.77. The summed E-state index contributed by atoms with van der Waals surface area (Å²) < 4.78 is 5.14. The van der Waals surface area contributed by atoms with E-state index in [2.05, 4.69) is 18.4 Å². The van der Waals surface area contributed by atoms with Crippen molar-refractivity contribution < 1.29 is 14.1 Å². The van der Waals surface area contributed by atoms with Crippen LogP contribution in [0.4, 0.5) is 5.00 Å². The van der Waals surface area contributed by atoms with Gasteiger partial charge in [-0.1, -0.05) is 0 Å². The molecule has 2 aromatic heterocycles. The molecule has 1 atom stereocenters. The molecule has 1 aliphatic rings. The maximum Gasteiger partial charge on any atom is 0.249 e. The molecule has 0 bridgehead atoms. The number of rotatable bonds is 3. The quantitative estimate of drug-likeness (QED) is 0.842. The molecule has 1 unspecified atom stereocenters. The van der Waals surface area contributed by atoms with E-state index in [1.807, 2.05) is 0 Å². The Labute approximate surface area is 132 Å². The van der Waals surface area contributed by atoms with Crippen molar-refractivity contribution in [3.8, 4) is 6.07 Å². The van der Waals surface area contributed by atoms with Gasteiger partial charge in [0.05, 0.1) is 30.3 Å². The van der Waals surface area contributed by atoms with E-state index in [-0.39, 0.29) is 5.91 Å². The number of amides is 1. The third-order valence-electron chi connectivity index (χ3n) is 3.65. The van der Waals surface area contributed by atoms with Gasteiger partial charge in [-0.2, -0.15) is 5.26 Å². The lowest BCUT2D eigenvalue weighted by Crippen LogP contribution is -3.08. The van der Waals surface area contributed by atoms with Crippen molar-refractivity contribution in [1.82, 2.24) is 0 Å². The molecule has 112 valence electrons. The van der Waals surface area contributed by atoms with Gasteiger partial charge in [0.15, 0.2) is 0 Å². The minimum Gasteiger partial charge on any atom is -0.465 e. The summed E-state index contributed by atoms with van der Waals surface area (Å²) in [6.45, 7) is 1.93. The van der Waals surface area contributed by atoms with Crippen LogP contribution in [0.3, 0.4) is 0 Å². The molecule has 2 N–H and O–H groups in total. The normalized spacial score (nSPS) is 17.2. The first kappa shape index (κ1) is 14.6. The van der Waals surface area contributed by atoms with Gasteiger partial charge in [0.2, 0.25) is 5.91 Å². The lowest BCUT2D eigenvalue weighted by Gasteiger charge is -2.18. The Morgan fingerprint density at radius 2 is 2.45 bits per heavy atom. The fourth-order valence-corrected chi connectivity index (χ4v) is 3.84. The number of furan rings is 1. The molecule has 3 heterocycles. The highest BCUT2D eigenvalue weighted by atomic mass is 32.1. The van der Waals surface area contributed by atoms with Crippen LogP contribution in [0, 0.1) is 11.3 Å². The van der Waals surface area contributed by atoms with Crippen LogP contribution in [-0.4, -0.2) is 19.5 Å². The monoisotopic (exact) mass is 314 g/mol. The number of fused-ring (bicyclic) bond motifs is 1. The van der Waals surface area contributed by atoms with Crippen LogP contribution in [0.25, 0.3) is 6.08 Å². The van der Waals surface area contributed by atoms with Gasteiger partial charge in [0.25, 0.3) is 0 Å². The Morgan fingerprint density at radius 3 is 3.18 bits per heavy atom. The number of nitrogens with one attached hydrogen (secondary N) is 2. The zero-order chi connectivity index (χ0) is 15.5. The van der Waals surface area contributed by atoms with Gasteiger partial charge in [0.1, 0.15) is 23.4 Å². The molecule has 0 saturated heterocycles. The molecule has 2 aromatic rings. The topological polar surface area (TPSA) is 70.5 Å². The van der Waals surface area contributed by atoms with Gasteiger partial charge in [-0.25, -0.2) is 0 Å². The van der Waals surface area contributed by atoms with Crippen LogP contribution in [0.15, 0.2) is 28.9 Å². The van der Waals surface area contributed by atoms with Crippen LogP contribution in [0.1, 0.15) is 21.8 Å². The SMILES string of the molecule is C[NH+]1CCc2c(sc(NC(=O)/C=C/c3ccco3)c2C#N)C1. The van der Waals surface area contributed by atoms with E-state index in [9.17, 15) is 10.1 Å². The van der Waals surface area contributed by atoms with Crippen molar-refractivity contribution in [3.05, 3.63) is 46.2 Å². The second-order valence-electron chi connectivity index (χ2n) is 5.29. The fourth-order valence-electron chi connectivity index (χ4n) is 2.52. The van der Waals surface area contributed by atoms with Crippen molar-refractivity contribution >= 4 is 28.3 Å². The second kappa shape index (κ2) is 6.18. The number of nitrogens with zero attached hydrogens (tertiary/aromatic N) is 1. The molecule has 0 saturated carbocycles. The first-order valence-corrected chi connectivity index (χ1v) is 7.87. The Balaban J connectivity index is 1.78. The van der Waals surface area contributed by atoms with Crippen molar-refractivity contribution in [2.75, 3.05) is 18.9 Å². The zero-order valence-corrected chi connectivity index (χ0v) is 13.0. The number of carbonyl (C=O) groups is 1. The average molecular weight is 314 g/mol. The summed E-state index contributed by atoms with van der Waals surface area (Å²) in [5.74, 6) is 0.360. The molecule has 6 heteroatoms. The molecule has 1 aliphatic heterocycles. The van der Waals surface area contributed by atoms with Gasteiger partial charge >= 0.3 is 0 Å². The smallest absolute Gasteiger partial charge is 0.249 e. The molecule has 22 heavy (non-hydrogen) atoms. The molecule has 3 rings (SSSR count). The van der Waals surface area contributed by atoms with Crippen LogP contribution in [0.2, 0.25) is 0 Å². The number of likely N-dealkylation sites (N-methyl/N-ethyl adjacent to an activating group) is 1. The van der Waals surface area contributed by atoms with E-state index >= 15 is 0 Å². The summed E-state index contributed by atoms with van der Waals surface area (Å²) in [6.07, 6.45) is 5.46. The zero-order valence-electron chi connectivity index (χ0n) is 12.2. The molecular weight excluding hydrogens is 298 g/mol. The van der Waals surface area contributed by atoms with Gasteiger partial charge in [-0.3, -0.25) is 4.79 Å². The molecule has 5 nitrogen and oxygen atoms in total. The number of carbonyl (C=O) groups excluding carboxylic acids is 1. The van der Waals surface area contributed by atoms with Crippen molar-refractivity contribution in [3.63, 3.8) is 0 Å². The number of hydrogen-bond acceptors (Lipinski definition) is 4. The average Bonchev–Trinajstić information content (AvgIpc) is 3.11. The summed E-state index contributed by atoms with van der Waals surface area (Å²) in [5, 5.41) is 12.9. The van der Waals surface area contributed by atoms with Crippen molar-refractivity contribution in [1.29, 1.82) is 5.26 Å². The molecule has 0 radical (unpaired) electrons. The van der Waals surface area contributed by atoms with Gasteiger partial charge < -0.3 is 14.6 Å². The van der Waals surface area contributed by atoms with Crippen LogP contribution >= 0.6 is 11.3 Å². The highest BCUT2D eigenvalue weighted by molar-refractivity contribution is 7.16. The minimum atomic E-state index is -0.257. The maximum absolute atomic E-state index is 12.0. The first-order valence-electron chi connectivity index (χ1n) is 7.06. The summed E-state index contributed by atoms with van der Waals surface area (Å²) in [4.78, 5) is 14.6. The van der Waals surface area contributed by atoms with Crippen molar-refractivity contribution in [2.45, 2.75) is 13.0 Å². The molecule has 1 amide bonds. The van der Waals surface area contributed by atoms with Gasteiger partial charge in [0, 0.05) is 12.5 Å². The molecule has 0 aliphatic carbocycles. The van der Waals surface area contributed by atoms with E-state index in [4.69, 9.17) is 4.42 Å². The van der Waals surface area contributed by atoms with E-state index in [0.29, 0.717) is 16.3 Å². The number of anilines is 1.